The maximum Gasteiger partial charge on any atom is 0.126 e. The fraction of sp³-hybridized carbons (Fsp3) is 0.294. The smallest absolute Gasteiger partial charge is 0.126 e. The molecule has 112 valence electrons. The molecule has 3 N–H and O–H groups in total. The minimum atomic E-state index is -0.674. The lowest BCUT2D eigenvalue weighted by molar-refractivity contribution is 0.194. The summed E-state index contributed by atoms with van der Waals surface area (Å²) < 4.78 is 14.9. The van der Waals surface area contributed by atoms with Gasteiger partial charge in [0, 0.05) is 16.4 Å². The topological polar surface area (TPSA) is 46.2 Å². The number of nitrogens with two attached hydrogens (primary N) is 1. The van der Waals surface area contributed by atoms with E-state index in [1.54, 1.807) is 12.1 Å². The molecule has 0 radical (unpaired) electrons. The van der Waals surface area contributed by atoms with Gasteiger partial charge in [-0.15, -0.1) is 0 Å². The van der Waals surface area contributed by atoms with Crippen LogP contribution in [0.2, 0.25) is 0 Å². The molecule has 4 heteroatoms. The lowest BCUT2D eigenvalue weighted by Crippen LogP contribution is -2.41. The van der Waals surface area contributed by atoms with Crippen LogP contribution in [0.5, 0.6) is 0 Å². The van der Waals surface area contributed by atoms with Gasteiger partial charge in [0.2, 0.25) is 0 Å². The molecule has 2 aromatic rings. The Labute approximate surface area is 132 Å². The number of rotatable bonds is 5. The Morgan fingerprint density at radius 1 is 1.24 bits per heavy atom. The fourth-order valence-corrected chi connectivity index (χ4v) is 3.10. The quantitative estimate of drug-likeness (QED) is 0.867. The normalized spacial score (nSPS) is 14.0. The summed E-state index contributed by atoms with van der Waals surface area (Å²) in [4.78, 5) is 0. The Bertz CT molecular complexity index is 626. The molecule has 2 rings (SSSR count). The van der Waals surface area contributed by atoms with Crippen LogP contribution in [0, 0.1) is 12.7 Å². The summed E-state index contributed by atoms with van der Waals surface area (Å²) in [6.07, 6.45) is 0.357. The lowest BCUT2D eigenvalue weighted by atomic mass is 9.74. The minimum Gasteiger partial charge on any atom is -0.395 e. The first kappa shape index (κ1) is 16.1. The van der Waals surface area contributed by atoms with Crippen LogP contribution in [0.3, 0.4) is 0 Å². The average molecular weight is 352 g/mol. The number of aliphatic hydroxyl groups is 1. The van der Waals surface area contributed by atoms with Gasteiger partial charge >= 0.3 is 0 Å². The third-order valence-corrected chi connectivity index (χ3v) is 4.44. The molecule has 0 saturated heterocycles. The molecule has 0 aliphatic rings. The third-order valence-electron chi connectivity index (χ3n) is 3.95. The molecule has 1 unspecified atom stereocenters. The number of aliphatic hydroxyl groups excluding tert-OH is 1. The van der Waals surface area contributed by atoms with E-state index in [0.717, 1.165) is 15.6 Å². The third kappa shape index (κ3) is 3.34. The Hall–Kier alpha value is -1.23. The highest BCUT2D eigenvalue weighted by atomic mass is 79.9. The summed E-state index contributed by atoms with van der Waals surface area (Å²) in [6, 6.07) is 12.6. The van der Waals surface area contributed by atoms with Gasteiger partial charge < -0.3 is 10.8 Å². The molecule has 0 fully saturated rings. The molecule has 0 bridgehead atoms. The van der Waals surface area contributed by atoms with Gasteiger partial charge in [-0.3, -0.25) is 0 Å². The molecule has 0 aliphatic carbocycles. The van der Waals surface area contributed by atoms with Gasteiger partial charge in [-0.25, -0.2) is 4.39 Å². The minimum absolute atomic E-state index is 0.125. The van der Waals surface area contributed by atoms with Crippen molar-refractivity contribution >= 4 is 15.9 Å². The average Bonchev–Trinajstić information content (AvgIpc) is 2.49. The maximum absolute atomic E-state index is 14.0. The molecule has 21 heavy (non-hydrogen) atoms. The van der Waals surface area contributed by atoms with Crippen molar-refractivity contribution in [3.63, 3.8) is 0 Å². The fourth-order valence-electron chi connectivity index (χ4n) is 2.69. The first-order valence-corrected chi connectivity index (χ1v) is 7.63. The van der Waals surface area contributed by atoms with Gasteiger partial charge in [0.25, 0.3) is 0 Å². The van der Waals surface area contributed by atoms with Crippen molar-refractivity contribution in [1.29, 1.82) is 0 Å². The van der Waals surface area contributed by atoms with Crippen LogP contribution in [-0.4, -0.2) is 18.3 Å². The van der Waals surface area contributed by atoms with Crippen LogP contribution < -0.4 is 5.73 Å². The largest absolute Gasteiger partial charge is 0.395 e. The summed E-state index contributed by atoms with van der Waals surface area (Å²) in [6.45, 7) is 2.10. The second kappa shape index (κ2) is 6.69. The zero-order valence-electron chi connectivity index (χ0n) is 11.9. The van der Waals surface area contributed by atoms with E-state index < -0.39 is 5.41 Å². The second-order valence-electron chi connectivity index (χ2n) is 5.37. The number of hydrogen-bond acceptors (Lipinski definition) is 2. The van der Waals surface area contributed by atoms with E-state index in [2.05, 4.69) is 15.9 Å². The first-order chi connectivity index (χ1) is 10.0. The van der Waals surface area contributed by atoms with Crippen molar-refractivity contribution in [2.45, 2.75) is 18.8 Å². The Kier molecular flexibility index (Phi) is 5.14. The molecule has 0 amide bonds. The molecule has 1 atom stereocenters. The molecule has 2 nitrogen and oxygen atoms in total. The molecule has 0 heterocycles. The van der Waals surface area contributed by atoms with E-state index in [1.807, 2.05) is 31.2 Å². The predicted octanol–water partition coefficient (Wildman–Crippen LogP) is 3.33. The zero-order chi connectivity index (χ0) is 15.5. The number of aryl methyl sites for hydroxylation is 1. The number of halogens is 2. The molecule has 2 aromatic carbocycles. The van der Waals surface area contributed by atoms with Crippen molar-refractivity contribution in [2.75, 3.05) is 13.2 Å². The van der Waals surface area contributed by atoms with Crippen LogP contribution in [0.25, 0.3) is 0 Å². The van der Waals surface area contributed by atoms with Crippen LogP contribution in [0.1, 0.15) is 16.7 Å². The Morgan fingerprint density at radius 3 is 2.57 bits per heavy atom. The van der Waals surface area contributed by atoms with Crippen molar-refractivity contribution in [1.82, 2.24) is 0 Å². The van der Waals surface area contributed by atoms with Crippen LogP contribution >= 0.6 is 15.9 Å². The summed E-state index contributed by atoms with van der Waals surface area (Å²) in [7, 11) is 0. The van der Waals surface area contributed by atoms with E-state index in [0.29, 0.717) is 12.0 Å². The van der Waals surface area contributed by atoms with Gasteiger partial charge in [-0.2, -0.15) is 0 Å². The van der Waals surface area contributed by atoms with E-state index in [4.69, 9.17) is 5.73 Å². The molecule has 0 saturated carbocycles. The standard InChI is InChI=1S/C17H19BrFNO/c1-12-4-2-3-5-15(12)17(10-20,11-21)9-13-8-14(18)6-7-16(13)19/h2-8,21H,9-11,20H2,1H3. The summed E-state index contributed by atoms with van der Waals surface area (Å²) >= 11 is 3.36. The SMILES string of the molecule is Cc1ccccc1C(CN)(CO)Cc1cc(Br)ccc1F. The van der Waals surface area contributed by atoms with E-state index >= 15 is 0 Å². The van der Waals surface area contributed by atoms with E-state index in [9.17, 15) is 9.50 Å². The molecule has 0 aliphatic heterocycles. The second-order valence-corrected chi connectivity index (χ2v) is 6.29. The summed E-state index contributed by atoms with van der Waals surface area (Å²) in [5.74, 6) is -0.280. The van der Waals surface area contributed by atoms with Crippen LogP contribution in [0.4, 0.5) is 4.39 Å². The zero-order valence-corrected chi connectivity index (χ0v) is 13.5. The lowest BCUT2D eigenvalue weighted by Gasteiger charge is -2.33. The molecular formula is C17H19BrFNO. The highest BCUT2D eigenvalue weighted by molar-refractivity contribution is 9.10. The maximum atomic E-state index is 14.0. The Balaban J connectivity index is 2.48. The summed E-state index contributed by atoms with van der Waals surface area (Å²) in [5, 5.41) is 9.96. The number of hydrogen-bond donors (Lipinski definition) is 2. The Morgan fingerprint density at radius 2 is 1.95 bits per heavy atom. The monoisotopic (exact) mass is 351 g/mol. The van der Waals surface area contributed by atoms with Crippen molar-refractivity contribution < 1.29 is 9.50 Å². The summed E-state index contributed by atoms with van der Waals surface area (Å²) in [5.41, 5.74) is 7.85. The van der Waals surface area contributed by atoms with Crippen LogP contribution in [-0.2, 0) is 11.8 Å². The number of benzene rings is 2. The predicted molar refractivity (Wildman–Crippen MR) is 86.8 cm³/mol. The molecule has 0 spiro atoms. The van der Waals surface area contributed by atoms with Gasteiger partial charge in [-0.1, -0.05) is 40.2 Å². The first-order valence-electron chi connectivity index (χ1n) is 6.83. The van der Waals surface area contributed by atoms with Gasteiger partial charge in [-0.05, 0) is 48.2 Å². The highest BCUT2D eigenvalue weighted by Gasteiger charge is 2.32. The van der Waals surface area contributed by atoms with Gasteiger partial charge in [0.05, 0.1) is 6.61 Å². The molecular weight excluding hydrogens is 333 g/mol. The highest BCUT2D eigenvalue weighted by Crippen LogP contribution is 2.31. The van der Waals surface area contributed by atoms with Gasteiger partial charge in [0.15, 0.2) is 0 Å². The van der Waals surface area contributed by atoms with E-state index in [1.165, 1.54) is 6.07 Å². The van der Waals surface area contributed by atoms with Crippen molar-refractivity contribution in [3.05, 3.63) is 69.4 Å². The van der Waals surface area contributed by atoms with E-state index in [-0.39, 0.29) is 19.0 Å². The van der Waals surface area contributed by atoms with Crippen molar-refractivity contribution in [3.8, 4) is 0 Å². The van der Waals surface area contributed by atoms with Crippen LogP contribution in [0.15, 0.2) is 46.9 Å². The van der Waals surface area contributed by atoms with Gasteiger partial charge in [0.1, 0.15) is 5.82 Å². The van der Waals surface area contributed by atoms with Crippen molar-refractivity contribution in [2.24, 2.45) is 5.73 Å². The molecule has 0 aromatic heterocycles.